The van der Waals surface area contributed by atoms with Crippen LogP contribution in [0.2, 0.25) is 0 Å². The van der Waals surface area contributed by atoms with E-state index in [1.807, 2.05) is 0 Å². The smallest absolute Gasteiger partial charge is 0.418 e. The van der Waals surface area contributed by atoms with E-state index in [1.54, 1.807) is 0 Å². The van der Waals surface area contributed by atoms with Crippen LogP contribution in [0.15, 0.2) is 36.5 Å². The fraction of sp³-hybridized carbons (Fsp3) is 0.400. The number of hydrogen-bond donors (Lipinski definition) is 2. The number of carbonyl (C=O) groups is 1. The van der Waals surface area contributed by atoms with Crippen LogP contribution in [-0.2, 0) is 0 Å². The molecule has 0 bridgehead atoms. The van der Waals surface area contributed by atoms with E-state index < -0.39 is 30.0 Å². The first-order chi connectivity index (χ1) is 13.6. The number of pyridine rings is 1. The number of amides is 1. The van der Waals surface area contributed by atoms with Crippen LogP contribution in [0.1, 0.15) is 30.1 Å². The molecule has 29 heavy (non-hydrogen) atoms. The number of nitrogens with one attached hydrogen (secondary N) is 1. The van der Waals surface area contributed by atoms with Crippen LogP contribution >= 0.6 is 0 Å². The fourth-order valence-corrected chi connectivity index (χ4v) is 2.46. The zero-order chi connectivity index (χ0) is 21.2. The average molecular weight is 412 g/mol. The summed E-state index contributed by atoms with van der Waals surface area (Å²) in [4.78, 5) is 16.4. The lowest BCUT2D eigenvalue weighted by Crippen LogP contribution is -2.51. The molecule has 1 aromatic heterocycles. The van der Waals surface area contributed by atoms with E-state index in [-0.39, 0.29) is 11.4 Å². The molecule has 0 radical (unpaired) electrons. The van der Waals surface area contributed by atoms with Crippen molar-refractivity contribution in [2.24, 2.45) is 5.92 Å². The summed E-state index contributed by atoms with van der Waals surface area (Å²) >= 11 is 0. The number of nitrogens with zero attached hydrogens (tertiary/aromatic N) is 1. The van der Waals surface area contributed by atoms with Gasteiger partial charge in [-0.25, -0.2) is 9.37 Å². The molecular formula is C20H20F4N2O3. The van der Waals surface area contributed by atoms with E-state index in [2.05, 4.69) is 10.3 Å². The van der Waals surface area contributed by atoms with Gasteiger partial charge in [-0.05, 0) is 49.4 Å². The molecule has 1 aliphatic carbocycles. The van der Waals surface area contributed by atoms with Gasteiger partial charge in [-0.15, -0.1) is 0 Å². The number of aromatic nitrogens is 1. The van der Waals surface area contributed by atoms with Gasteiger partial charge in [0, 0.05) is 11.8 Å². The van der Waals surface area contributed by atoms with Crippen molar-refractivity contribution in [3.8, 4) is 17.0 Å². The standard InChI is InChI=1S/C20H20F4N2O3/c1-19(28,20(22,23)24)11-26-17(27)14-8-16(13-4-6-15(21)7-5-13)18(25-9-14)29-10-12-2-3-12/h4-9,12,28H,2-3,10-11H2,1H3,(H,26,27)/t19-/m0/s1. The maximum absolute atomic E-state index is 13.3. The van der Waals surface area contributed by atoms with Gasteiger partial charge >= 0.3 is 6.18 Å². The first kappa shape index (κ1) is 21.0. The summed E-state index contributed by atoms with van der Waals surface area (Å²) in [6.45, 7) is 0.0205. The van der Waals surface area contributed by atoms with Gasteiger partial charge in [0.05, 0.1) is 18.7 Å². The molecule has 1 aromatic carbocycles. The third kappa shape index (κ3) is 5.23. The Kier molecular flexibility index (Phi) is 5.79. The van der Waals surface area contributed by atoms with E-state index in [0.717, 1.165) is 12.8 Å². The van der Waals surface area contributed by atoms with E-state index >= 15 is 0 Å². The number of hydrogen-bond acceptors (Lipinski definition) is 4. The predicted octanol–water partition coefficient (Wildman–Crippen LogP) is 3.72. The summed E-state index contributed by atoms with van der Waals surface area (Å²) < 4.78 is 57.2. The minimum Gasteiger partial charge on any atom is -0.477 e. The van der Waals surface area contributed by atoms with Gasteiger partial charge < -0.3 is 15.2 Å². The van der Waals surface area contributed by atoms with Gasteiger partial charge in [-0.2, -0.15) is 13.2 Å². The summed E-state index contributed by atoms with van der Waals surface area (Å²) in [6, 6.07) is 6.89. The molecule has 5 nitrogen and oxygen atoms in total. The fourth-order valence-electron chi connectivity index (χ4n) is 2.46. The summed E-state index contributed by atoms with van der Waals surface area (Å²) in [5, 5.41) is 11.5. The summed E-state index contributed by atoms with van der Waals surface area (Å²) in [6.07, 6.45) is -1.58. The molecule has 1 aliphatic rings. The van der Waals surface area contributed by atoms with Crippen LogP contribution < -0.4 is 10.1 Å². The first-order valence-corrected chi connectivity index (χ1v) is 9.03. The molecule has 1 atom stereocenters. The maximum Gasteiger partial charge on any atom is 0.418 e. The summed E-state index contributed by atoms with van der Waals surface area (Å²) in [7, 11) is 0. The number of rotatable bonds is 7. The Hall–Kier alpha value is -2.68. The zero-order valence-electron chi connectivity index (χ0n) is 15.6. The van der Waals surface area contributed by atoms with Gasteiger partial charge in [0.1, 0.15) is 5.82 Å². The highest BCUT2D eigenvalue weighted by Crippen LogP contribution is 2.33. The number of ether oxygens (including phenoxy) is 1. The Bertz CT molecular complexity index is 878. The molecule has 3 rings (SSSR count). The van der Waals surface area contributed by atoms with Crippen LogP contribution in [0.5, 0.6) is 5.88 Å². The Morgan fingerprint density at radius 1 is 1.28 bits per heavy atom. The minimum atomic E-state index is -4.89. The second-order valence-corrected chi connectivity index (χ2v) is 7.29. The summed E-state index contributed by atoms with van der Waals surface area (Å²) in [5.74, 6) is -0.572. The average Bonchev–Trinajstić information content (AvgIpc) is 3.48. The van der Waals surface area contributed by atoms with Crippen molar-refractivity contribution >= 4 is 5.91 Å². The van der Waals surface area contributed by atoms with Gasteiger partial charge in [0.15, 0.2) is 5.60 Å². The molecule has 0 saturated heterocycles. The Morgan fingerprint density at radius 2 is 1.93 bits per heavy atom. The lowest BCUT2D eigenvalue weighted by molar-refractivity contribution is -0.249. The lowest BCUT2D eigenvalue weighted by Gasteiger charge is -2.26. The highest BCUT2D eigenvalue weighted by atomic mass is 19.4. The van der Waals surface area contributed by atoms with Crippen molar-refractivity contribution in [1.29, 1.82) is 0 Å². The van der Waals surface area contributed by atoms with E-state index in [9.17, 15) is 27.5 Å². The number of benzene rings is 1. The highest BCUT2D eigenvalue weighted by Gasteiger charge is 2.49. The second-order valence-electron chi connectivity index (χ2n) is 7.29. The van der Waals surface area contributed by atoms with Crippen LogP contribution in [0.3, 0.4) is 0 Å². The summed E-state index contributed by atoms with van der Waals surface area (Å²) in [5.41, 5.74) is -2.12. The quantitative estimate of drug-likeness (QED) is 0.680. The van der Waals surface area contributed by atoms with Gasteiger partial charge in [-0.3, -0.25) is 4.79 Å². The lowest BCUT2D eigenvalue weighted by atomic mass is 10.0. The Morgan fingerprint density at radius 3 is 2.52 bits per heavy atom. The number of alkyl halides is 3. The second kappa shape index (κ2) is 7.98. The van der Waals surface area contributed by atoms with Crippen LogP contribution in [0, 0.1) is 11.7 Å². The largest absolute Gasteiger partial charge is 0.477 e. The number of carbonyl (C=O) groups excluding carboxylic acids is 1. The molecule has 0 unspecified atom stereocenters. The monoisotopic (exact) mass is 412 g/mol. The van der Waals surface area contributed by atoms with Gasteiger partial charge in [0.2, 0.25) is 5.88 Å². The molecule has 1 saturated carbocycles. The van der Waals surface area contributed by atoms with Gasteiger partial charge in [0.25, 0.3) is 5.91 Å². The van der Waals surface area contributed by atoms with E-state index in [0.29, 0.717) is 30.6 Å². The third-order valence-corrected chi connectivity index (χ3v) is 4.63. The van der Waals surface area contributed by atoms with Crippen LogP contribution in [0.4, 0.5) is 17.6 Å². The molecule has 2 aromatic rings. The molecule has 9 heteroatoms. The molecular weight excluding hydrogens is 392 g/mol. The molecule has 1 heterocycles. The maximum atomic E-state index is 13.3. The Balaban J connectivity index is 1.82. The van der Waals surface area contributed by atoms with Crippen molar-refractivity contribution in [3.05, 3.63) is 47.9 Å². The predicted molar refractivity (Wildman–Crippen MR) is 96.9 cm³/mol. The molecule has 1 fully saturated rings. The van der Waals surface area contributed by atoms with E-state index in [4.69, 9.17) is 4.74 Å². The minimum absolute atomic E-state index is 0.0129. The SMILES string of the molecule is C[C@](O)(CNC(=O)c1cnc(OCC2CC2)c(-c2ccc(F)cc2)c1)C(F)(F)F. The number of halogens is 4. The number of aliphatic hydroxyl groups is 1. The third-order valence-electron chi connectivity index (χ3n) is 4.63. The first-order valence-electron chi connectivity index (χ1n) is 9.03. The molecule has 0 aliphatic heterocycles. The molecule has 156 valence electrons. The van der Waals surface area contributed by atoms with Crippen molar-refractivity contribution < 1.29 is 32.2 Å². The van der Waals surface area contributed by atoms with Crippen molar-refractivity contribution in [2.75, 3.05) is 13.2 Å². The van der Waals surface area contributed by atoms with Crippen molar-refractivity contribution in [3.63, 3.8) is 0 Å². The van der Waals surface area contributed by atoms with Crippen LogP contribution in [-0.4, -0.2) is 40.9 Å². The van der Waals surface area contributed by atoms with Gasteiger partial charge in [-0.1, -0.05) is 12.1 Å². The van der Waals surface area contributed by atoms with Crippen LogP contribution in [0.25, 0.3) is 11.1 Å². The normalized spacial score (nSPS) is 16.2. The molecule has 0 spiro atoms. The topological polar surface area (TPSA) is 71.5 Å². The molecule has 1 amide bonds. The zero-order valence-corrected chi connectivity index (χ0v) is 15.6. The highest BCUT2D eigenvalue weighted by molar-refractivity contribution is 5.95. The van der Waals surface area contributed by atoms with Crippen molar-refractivity contribution in [1.82, 2.24) is 10.3 Å². The van der Waals surface area contributed by atoms with E-state index in [1.165, 1.54) is 36.5 Å². The molecule has 2 N–H and O–H groups in total. The van der Waals surface area contributed by atoms with Crippen molar-refractivity contribution in [2.45, 2.75) is 31.5 Å². The Labute approximate surface area is 164 Å².